The van der Waals surface area contributed by atoms with E-state index in [2.05, 4.69) is 0 Å². The average molecular weight is 307 g/mol. The molecule has 0 radical (unpaired) electrons. The summed E-state index contributed by atoms with van der Waals surface area (Å²) in [5.41, 5.74) is 0.968. The molecule has 0 aliphatic heterocycles. The number of halogens is 1. The van der Waals surface area contributed by atoms with Gasteiger partial charge in [0.25, 0.3) is 0 Å². The van der Waals surface area contributed by atoms with Crippen molar-refractivity contribution >= 4 is 23.2 Å². The smallest absolute Gasteiger partial charge is 0.218 e. The summed E-state index contributed by atoms with van der Waals surface area (Å²) < 4.78 is 0. The van der Waals surface area contributed by atoms with Gasteiger partial charge >= 0.3 is 0 Å². The van der Waals surface area contributed by atoms with Crippen LogP contribution in [0.2, 0.25) is 5.02 Å². The lowest BCUT2D eigenvalue weighted by molar-refractivity contribution is -0.0195. The Kier molecular flexibility index (Phi) is 6.75. The fourth-order valence-corrected chi connectivity index (χ4v) is 1.65. The Morgan fingerprint density at radius 2 is 1.52 bits per heavy atom. The number of ketones is 2. The highest BCUT2D eigenvalue weighted by Crippen LogP contribution is 2.11. The molecule has 0 fully saturated rings. The van der Waals surface area contributed by atoms with Gasteiger partial charge in [-0.3, -0.25) is 9.59 Å². The van der Waals surface area contributed by atoms with Crippen molar-refractivity contribution in [1.29, 1.82) is 0 Å². The van der Waals surface area contributed by atoms with Gasteiger partial charge in [-0.05, 0) is 19.1 Å². The molecule has 0 saturated heterocycles. The molecule has 0 heterocycles. The third kappa shape index (κ3) is 5.87. The van der Waals surface area contributed by atoms with Crippen LogP contribution in [0.3, 0.4) is 0 Å². The Morgan fingerprint density at radius 1 is 0.952 bits per heavy atom. The Labute approximate surface area is 127 Å². The molecule has 21 heavy (non-hydrogen) atoms. The maximum atomic E-state index is 10.9. The standard InChI is InChI=1S/C8H7ClO3.C8H8O/c9-6-3-1-2-5(4-6)7(10)8(11)12;1-7(9)8-5-3-2-4-6-8/h1-4,8,11-12H;2-6H,1H3. The molecule has 0 aliphatic carbocycles. The summed E-state index contributed by atoms with van der Waals surface area (Å²) in [6.07, 6.45) is -1.97. The lowest BCUT2D eigenvalue weighted by atomic mass is 10.1. The van der Waals surface area contributed by atoms with Crippen molar-refractivity contribution in [3.8, 4) is 0 Å². The van der Waals surface area contributed by atoms with Crippen molar-refractivity contribution in [1.82, 2.24) is 0 Å². The van der Waals surface area contributed by atoms with Crippen LogP contribution in [0.15, 0.2) is 54.6 Å². The van der Waals surface area contributed by atoms with Gasteiger partial charge in [0.2, 0.25) is 12.1 Å². The summed E-state index contributed by atoms with van der Waals surface area (Å²) >= 11 is 5.58. The Bertz CT molecular complexity index is 609. The Hall–Kier alpha value is -2.01. The van der Waals surface area contributed by atoms with E-state index in [4.69, 9.17) is 21.8 Å². The highest BCUT2D eigenvalue weighted by Gasteiger charge is 2.13. The lowest BCUT2D eigenvalue weighted by Gasteiger charge is -2.01. The number of rotatable bonds is 3. The number of hydrogen-bond acceptors (Lipinski definition) is 4. The third-order valence-electron chi connectivity index (χ3n) is 2.52. The maximum absolute atomic E-state index is 10.9. The van der Waals surface area contributed by atoms with Crippen LogP contribution in [0.4, 0.5) is 0 Å². The topological polar surface area (TPSA) is 74.6 Å². The van der Waals surface area contributed by atoms with Crippen molar-refractivity contribution < 1.29 is 19.8 Å². The quantitative estimate of drug-likeness (QED) is 0.675. The number of carbonyl (C=O) groups is 2. The van der Waals surface area contributed by atoms with E-state index >= 15 is 0 Å². The Morgan fingerprint density at radius 3 is 1.95 bits per heavy atom. The van der Waals surface area contributed by atoms with Crippen LogP contribution in [0.1, 0.15) is 27.6 Å². The number of hydrogen-bond donors (Lipinski definition) is 2. The summed E-state index contributed by atoms with van der Waals surface area (Å²) in [6.45, 7) is 1.56. The number of aliphatic hydroxyl groups excluding tert-OH is 1. The first-order valence-corrected chi connectivity index (χ1v) is 6.51. The molecular formula is C16H15ClO4. The molecule has 0 aliphatic rings. The second kappa shape index (κ2) is 8.32. The zero-order chi connectivity index (χ0) is 15.8. The maximum Gasteiger partial charge on any atom is 0.218 e. The molecule has 0 spiro atoms. The van der Waals surface area contributed by atoms with Crippen LogP contribution in [-0.4, -0.2) is 28.1 Å². The van der Waals surface area contributed by atoms with Crippen LogP contribution in [0, 0.1) is 0 Å². The van der Waals surface area contributed by atoms with E-state index in [9.17, 15) is 9.59 Å². The van der Waals surface area contributed by atoms with E-state index in [-0.39, 0.29) is 11.3 Å². The summed E-state index contributed by atoms with van der Waals surface area (Å²) in [6, 6.07) is 15.2. The fourth-order valence-electron chi connectivity index (χ4n) is 1.46. The van der Waals surface area contributed by atoms with Crippen molar-refractivity contribution in [2.24, 2.45) is 0 Å². The third-order valence-corrected chi connectivity index (χ3v) is 2.76. The van der Waals surface area contributed by atoms with Crippen molar-refractivity contribution in [2.75, 3.05) is 0 Å². The van der Waals surface area contributed by atoms with Gasteiger partial charge in [0.15, 0.2) is 5.78 Å². The monoisotopic (exact) mass is 306 g/mol. The largest absolute Gasteiger partial charge is 0.362 e. The molecular weight excluding hydrogens is 292 g/mol. The van der Waals surface area contributed by atoms with Crippen LogP contribution in [-0.2, 0) is 0 Å². The molecule has 110 valence electrons. The molecule has 5 heteroatoms. The molecule has 0 aromatic heterocycles. The van der Waals surface area contributed by atoms with Gasteiger partial charge in [0.05, 0.1) is 0 Å². The van der Waals surface area contributed by atoms with Crippen LogP contribution in [0.5, 0.6) is 0 Å². The van der Waals surface area contributed by atoms with Gasteiger partial charge < -0.3 is 10.2 Å². The van der Waals surface area contributed by atoms with Gasteiger partial charge in [0.1, 0.15) is 0 Å². The Balaban J connectivity index is 0.000000219. The zero-order valence-corrected chi connectivity index (χ0v) is 12.1. The zero-order valence-electron chi connectivity index (χ0n) is 11.4. The lowest BCUT2D eigenvalue weighted by Crippen LogP contribution is -2.19. The van der Waals surface area contributed by atoms with Gasteiger partial charge in [-0.2, -0.15) is 0 Å². The average Bonchev–Trinajstić information content (AvgIpc) is 2.48. The van der Waals surface area contributed by atoms with E-state index in [0.717, 1.165) is 5.56 Å². The number of Topliss-reactive ketones (excluding diaryl/α,β-unsaturated/α-hetero) is 2. The minimum absolute atomic E-state index is 0.121. The van der Waals surface area contributed by atoms with E-state index < -0.39 is 12.1 Å². The number of carbonyl (C=O) groups excluding carboxylic acids is 2. The molecule has 2 N–H and O–H groups in total. The van der Waals surface area contributed by atoms with Gasteiger partial charge in [-0.15, -0.1) is 0 Å². The second-order valence-electron chi connectivity index (χ2n) is 4.17. The molecule has 0 saturated carbocycles. The van der Waals surface area contributed by atoms with E-state index in [1.807, 2.05) is 30.3 Å². The van der Waals surface area contributed by atoms with Gasteiger partial charge in [-0.25, -0.2) is 0 Å². The van der Waals surface area contributed by atoms with Crippen LogP contribution in [0.25, 0.3) is 0 Å². The SMILES string of the molecule is CC(=O)c1ccccc1.O=C(c1cccc(Cl)c1)C(O)O. The van der Waals surface area contributed by atoms with Gasteiger partial charge in [0, 0.05) is 16.1 Å². The summed E-state index contributed by atoms with van der Waals surface area (Å²) in [4.78, 5) is 21.6. The van der Waals surface area contributed by atoms with E-state index in [1.54, 1.807) is 19.1 Å². The first-order valence-electron chi connectivity index (χ1n) is 6.13. The molecule has 2 rings (SSSR count). The van der Waals surface area contributed by atoms with Crippen molar-refractivity contribution in [3.63, 3.8) is 0 Å². The molecule has 4 nitrogen and oxygen atoms in total. The number of benzene rings is 2. The number of aliphatic hydroxyl groups is 2. The molecule has 0 unspecified atom stereocenters. The summed E-state index contributed by atoms with van der Waals surface area (Å²) in [7, 11) is 0. The molecule has 0 amide bonds. The van der Waals surface area contributed by atoms with Crippen molar-refractivity contribution in [2.45, 2.75) is 13.2 Å². The predicted octanol–water partition coefficient (Wildman–Crippen LogP) is 2.72. The molecule has 2 aromatic rings. The highest BCUT2D eigenvalue weighted by atomic mass is 35.5. The second-order valence-corrected chi connectivity index (χ2v) is 4.61. The predicted molar refractivity (Wildman–Crippen MR) is 80.5 cm³/mol. The molecule has 0 atom stereocenters. The van der Waals surface area contributed by atoms with Crippen LogP contribution < -0.4 is 0 Å². The minimum atomic E-state index is -1.97. The normalized spacial score (nSPS) is 9.76. The molecule has 0 bridgehead atoms. The highest BCUT2D eigenvalue weighted by molar-refractivity contribution is 6.31. The summed E-state index contributed by atoms with van der Waals surface area (Å²) in [5, 5.41) is 17.4. The first-order chi connectivity index (χ1) is 9.91. The van der Waals surface area contributed by atoms with E-state index in [1.165, 1.54) is 12.1 Å². The first kappa shape index (κ1) is 17.0. The summed E-state index contributed by atoms with van der Waals surface area (Å²) in [5.74, 6) is -0.631. The van der Waals surface area contributed by atoms with Crippen LogP contribution >= 0.6 is 11.6 Å². The minimum Gasteiger partial charge on any atom is -0.362 e. The van der Waals surface area contributed by atoms with Gasteiger partial charge in [-0.1, -0.05) is 54.1 Å². The fraction of sp³-hybridized carbons (Fsp3) is 0.125. The van der Waals surface area contributed by atoms with Crippen molar-refractivity contribution in [3.05, 3.63) is 70.7 Å². The van der Waals surface area contributed by atoms with E-state index in [0.29, 0.717) is 5.02 Å². The molecule has 2 aromatic carbocycles.